The number of hydrogen-bond donors (Lipinski definition) is 3. The second-order valence-electron chi connectivity index (χ2n) is 6.59. The molecule has 1 atom stereocenters. The van der Waals surface area contributed by atoms with Crippen LogP contribution in [0.1, 0.15) is 22.7 Å². The maximum absolute atomic E-state index is 12.9. The van der Waals surface area contributed by atoms with Crippen LogP contribution < -0.4 is 10.6 Å². The predicted molar refractivity (Wildman–Crippen MR) is 115 cm³/mol. The van der Waals surface area contributed by atoms with E-state index in [0.717, 1.165) is 12.1 Å². The maximum Gasteiger partial charge on any atom is 0.490 e. The monoisotopic (exact) mass is 564 g/mol. The van der Waals surface area contributed by atoms with E-state index in [1.54, 1.807) is 30.6 Å². The number of urea groups is 1. The van der Waals surface area contributed by atoms with Gasteiger partial charge in [-0.25, -0.2) is 9.59 Å². The zero-order valence-corrected chi connectivity index (χ0v) is 18.8. The number of benzene rings is 1. The minimum atomic E-state index is -5.08. The van der Waals surface area contributed by atoms with Gasteiger partial charge in [0.05, 0.1) is 23.5 Å². The smallest absolute Gasteiger partial charge is 0.475 e. The molecule has 2 aromatic heterocycles. The molecule has 0 spiro atoms. The fraction of sp³-hybridized carbons (Fsp3) is 0.143. The Morgan fingerprint density at radius 3 is 2.00 bits per heavy atom. The largest absolute Gasteiger partial charge is 0.490 e. The van der Waals surface area contributed by atoms with Crippen molar-refractivity contribution < 1.29 is 41.0 Å². The molecule has 3 aromatic rings. The number of aliphatic carboxylic acids is 1. The Morgan fingerprint density at radius 2 is 1.51 bits per heavy atom. The van der Waals surface area contributed by atoms with Crippen molar-refractivity contribution in [3.05, 3.63) is 88.4 Å². The number of pyridine rings is 2. The van der Waals surface area contributed by atoms with Crippen LogP contribution in [-0.2, 0) is 11.0 Å². The molecule has 1 aromatic carbocycles. The van der Waals surface area contributed by atoms with Crippen LogP contribution in [-0.4, -0.2) is 33.3 Å². The Balaban J connectivity index is 0.000000540. The van der Waals surface area contributed by atoms with E-state index in [0.29, 0.717) is 21.3 Å². The first-order valence-electron chi connectivity index (χ1n) is 9.33. The highest BCUT2D eigenvalue weighted by molar-refractivity contribution is 9.10. The fourth-order valence-electron chi connectivity index (χ4n) is 2.56. The van der Waals surface area contributed by atoms with E-state index in [4.69, 9.17) is 9.90 Å². The Morgan fingerprint density at radius 1 is 0.914 bits per heavy atom. The summed E-state index contributed by atoms with van der Waals surface area (Å²) in [7, 11) is 0. The van der Waals surface area contributed by atoms with E-state index >= 15 is 0 Å². The molecular formula is C21H15BrF6N4O3. The van der Waals surface area contributed by atoms with Crippen LogP contribution in [0.25, 0.3) is 0 Å². The SMILES string of the molecule is O=C(Nc1cccnc1)NC(c1ccc(C(F)(F)F)cc1)c1ccncc1Br.O=C(O)C(F)(F)F. The lowest BCUT2D eigenvalue weighted by Gasteiger charge is -2.21. The predicted octanol–water partition coefficient (Wildman–Crippen LogP) is 5.80. The second-order valence-corrected chi connectivity index (χ2v) is 7.45. The van der Waals surface area contributed by atoms with E-state index in [1.807, 2.05) is 0 Å². The first-order chi connectivity index (χ1) is 16.3. The number of aromatic nitrogens is 2. The van der Waals surface area contributed by atoms with Crippen molar-refractivity contribution in [2.24, 2.45) is 0 Å². The van der Waals surface area contributed by atoms with Crippen LogP contribution in [0.3, 0.4) is 0 Å². The van der Waals surface area contributed by atoms with Gasteiger partial charge in [0.2, 0.25) is 0 Å². The number of halogens is 7. The highest BCUT2D eigenvalue weighted by Gasteiger charge is 2.38. The average molecular weight is 565 g/mol. The standard InChI is InChI=1S/C19H14BrF3N4O.C2HF3O2/c20-16-11-25-9-7-15(16)17(12-3-5-13(6-4-12)19(21,22)23)27-18(28)26-14-2-1-8-24-10-14;3-2(4,5)1(6)7/h1-11,17H,(H2,26,27,28);(H,6,7). The Hall–Kier alpha value is -3.68. The minimum absolute atomic E-state index is 0.486. The highest BCUT2D eigenvalue weighted by Crippen LogP contribution is 2.32. The number of nitrogens with one attached hydrogen (secondary N) is 2. The molecule has 0 fully saturated rings. The van der Waals surface area contributed by atoms with Gasteiger partial charge in [-0.15, -0.1) is 0 Å². The van der Waals surface area contributed by atoms with Crippen molar-refractivity contribution >= 4 is 33.6 Å². The minimum Gasteiger partial charge on any atom is -0.475 e. The molecule has 0 aliphatic rings. The molecule has 0 saturated heterocycles. The number of nitrogens with zero attached hydrogens (tertiary/aromatic N) is 2. The van der Waals surface area contributed by atoms with Crippen molar-refractivity contribution in [3.63, 3.8) is 0 Å². The number of alkyl halides is 6. The van der Waals surface area contributed by atoms with Gasteiger partial charge in [-0.1, -0.05) is 12.1 Å². The lowest BCUT2D eigenvalue weighted by Crippen LogP contribution is -2.33. The number of carbonyl (C=O) groups excluding carboxylic acids is 1. The van der Waals surface area contributed by atoms with Crippen molar-refractivity contribution in [1.82, 2.24) is 15.3 Å². The van der Waals surface area contributed by atoms with E-state index in [1.165, 1.54) is 24.5 Å². The number of rotatable bonds is 4. The van der Waals surface area contributed by atoms with Gasteiger partial charge in [0.15, 0.2) is 0 Å². The normalized spacial score (nSPS) is 12.1. The summed E-state index contributed by atoms with van der Waals surface area (Å²) >= 11 is 3.37. The number of anilines is 1. The molecule has 0 saturated carbocycles. The first-order valence-corrected chi connectivity index (χ1v) is 10.1. The molecular weight excluding hydrogens is 550 g/mol. The quantitative estimate of drug-likeness (QED) is 0.347. The van der Waals surface area contributed by atoms with E-state index < -0.39 is 36.0 Å². The average Bonchev–Trinajstić information content (AvgIpc) is 2.78. The molecule has 1 unspecified atom stereocenters. The molecule has 35 heavy (non-hydrogen) atoms. The summed E-state index contributed by atoms with van der Waals surface area (Å²) < 4.78 is 70.9. The molecule has 3 N–H and O–H groups in total. The van der Waals surface area contributed by atoms with Gasteiger partial charge in [0.25, 0.3) is 0 Å². The summed E-state index contributed by atoms with van der Waals surface area (Å²) in [6.45, 7) is 0. The van der Waals surface area contributed by atoms with Crippen LogP contribution in [0.5, 0.6) is 0 Å². The molecule has 2 heterocycles. The van der Waals surface area contributed by atoms with Crippen LogP contribution in [0.15, 0.2) is 71.7 Å². The second kappa shape index (κ2) is 11.6. The summed E-state index contributed by atoms with van der Waals surface area (Å²) in [5, 5.41) is 12.5. The zero-order chi connectivity index (χ0) is 26.2. The number of amides is 2. The van der Waals surface area contributed by atoms with Gasteiger partial charge in [0.1, 0.15) is 0 Å². The molecule has 0 radical (unpaired) electrons. The van der Waals surface area contributed by atoms with Gasteiger partial charge < -0.3 is 15.7 Å². The third kappa shape index (κ3) is 8.55. The van der Waals surface area contributed by atoms with Crippen molar-refractivity contribution in [2.45, 2.75) is 18.4 Å². The van der Waals surface area contributed by atoms with Gasteiger partial charge >= 0.3 is 24.4 Å². The van der Waals surface area contributed by atoms with Crippen LogP contribution in [0.2, 0.25) is 0 Å². The van der Waals surface area contributed by atoms with Gasteiger partial charge in [0, 0.05) is 23.1 Å². The van der Waals surface area contributed by atoms with Crippen LogP contribution >= 0.6 is 15.9 Å². The van der Waals surface area contributed by atoms with Gasteiger partial charge in [-0.2, -0.15) is 26.3 Å². The summed E-state index contributed by atoms with van der Waals surface area (Å²) in [4.78, 5) is 29.2. The first kappa shape index (κ1) is 27.6. The van der Waals surface area contributed by atoms with Crippen molar-refractivity contribution in [2.75, 3.05) is 5.32 Å². The van der Waals surface area contributed by atoms with Crippen LogP contribution in [0, 0.1) is 0 Å². The Kier molecular flexibility index (Phi) is 9.17. The van der Waals surface area contributed by atoms with Gasteiger partial charge in [-0.05, 0) is 57.4 Å². The zero-order valence-electron chi connectivity index (χ0n) is 17.2. The molecule has 7 nitrogen and oxygen atoms in total. The molecule has 0 bridgehead atoms. The van der Waals surface area contributed by atoms with Crippen molar-refractivity contribution in [3.8, 4) is 0 Å². The third-order valence-electron chi connectivity index (χ3n) is 4.12. The lowest BCUT2D eigenvalue weighted by molar-refractivity contribution is -0.192. The van der Waals surface area contributed by atoms with E-state index in [2.05, 4.69) is 36.5 Å². The van der Waals surface area contributed by atoms with Crippen LogP contribution in [0.4, 0.5) is 36.8 Å². The summed E-state index contributed by atoms with van der Waals surface area (Å²) in [5.74, 6) is -2.76. The van der Waals surface area contributed by atoms with Gasteiger partial charge in [-0.3, -0.25) is 9.97 Å². The molecule has 186 valence electrons. The molecule has 2 amide bonds. The number of carboxylic acids is 1. The summed E-state index contributed by atoms with van der Waals surface area (Å²) in [6, 6.07) is 8.44. The molecule has 0 aliphatic carbocycles. The molecule has 14 heteroatoms. The lowest BCUT2D eigenvalue weighted by atomic mass is 9.98. The molecule has 3 rings (SSSR count). The fourth-order valence-corrected chi connectivity index (χ4v) is 3.04. The highest BCUT2D eigenvalue weighted by atomic mass is 79.9. The van der Waals surface area contributed by atoms with E-state index in [9.17, 15) is 31.1 Å². The number of hydrogen-bond acceptors (Lipinski definition) is 4. The Labute approximate surface area is 202 Å². The van der Waals surface area contributed by atoms with E-state index in [-0.39, 0.29) is 0 Å². The number of carboxylic acid groups (broad SMARTS) is 1. The Bertz CT molecular complexity index is 1140. The molecule has 0 aliphatic heterocycles. The summed E-state index contributed by atoms with van der Waals surface area (Å²) in [6.07, 6.45) is -3.38. The third-order valence-corrected chi connectivity index (χ3v) is 4.79. The summed E-state index contributed by atoms with van der Waals surface area (Å²) in [5.41, 5.74) is 0.862. The number of carbonyl (C=O) groups is 2. The maximum atomic E-state index is 12.9. The van der Waals surface area contributed by atoms with Crippen molar-refractivity contribution in [1.29, 1.82) is 0 Å². The topological polar surface area (TPSA) is 104 Å².